The van der Waals surface area contributed by atoms with E-state index >= 15 is 0 Å². The third-order valence-electron chi connectivity index (χ3n) is 27.3. The van der Waals surface area contributed by atoms with Gasteiger partial charge in [0.1, 0.15) is 0 Å². The van der Waals surface area contributed by atoms with Crippen molar-refractivity contribution in [3.8, 4) is 39.1 Å². The highest BCUT2D eigenvalue weighted by atomic mass is 15.2. The van der Waals surface area contributed by atoms with Crippen LogP contribution in [0, 0.1) is 0 Å². The quantitative estimate of drug-likeness (QED) is 0.143. The number of benzene rings is 11. The van der Waals surface area contributed by atoms with Gasteiger partial charge in [0.2, 0.25) is 0 Å². The van der Waals surface area contributed by atoms with Crippen molar-refractivity contribution in [2.75, 3.05) is 14.7 Å². The van der Waals surface area contributed by atoms with Crippen molar-refractivity contribution in [1.29, 1.82) is 0 Å². The molecular formula is C102H90N4. The van der Waals surface area contributed by atoms with Crippen LogP contribution in [-0.2, 0) is 38.9 Å². The van der Waals surface area contributed by atoms with E-state index in [2.05, 4.69) is 363 Å². The van der Waals surface area contributed by atoms with Crippen LogP contribution in [0.4, 0.5) is 39.8 Å². The lowest BCUT2D eigenvalue weighted by molar-refractivity contribution is 0.627. The monoisotopic (exact) mass is 1370 g/mol. The Morgan fingerprint density at radius 3 is 1.34 bits per heavy atom. The van der Waals surface area contributed by atoms with Crippen molar-refractivity contribution in [2.45, 2.75) is 154 Å². The zero-order valence-corrected chi connectivity index (χ0v) is 63.2. The molecule has 8 aliphatic carbocycles. The van der Waals surface area contributed by atoms with Gasteiger partial charge in [0, 0.05) is 89.1 Å². The first-order valence-corrected chi connectivity index (χ1v) is 38.9. The number of hydrogen-bond donors (Lipinski definition) is 0. The molecule has 2 heterocycles. The average Bonchev–Trinajstić information content (AvgIpc) is 1.48. The van der Waals surface area contributed by atoms with Gasteiger partial charge in [-0.1, -0.05) is 241 Å². The topological polar surface area (TPSA) is 14.7 Å². The van der Waals surface area contributed by atoms with Crippen molar-refractivity contribution in [3.05, 3.63) is 350 Å². The largest absolute Gasteiger partial charge is 0.338 e. The minimum absolute atomic E-state index is 0.00184. The van der Waals surface area contributed by atoms with Crippen molar-refractivity contribution >= 4 is 67.9 Å². The van der Waals surface area contributed by atoms with Crippen LogP contribution in [0.3, 0.4) is 0 Å². The summed E-state index contributed by atoms with van der Waals surface area (Å²) in [6.07, 6.45) is 17.5. The molecule has 1 unspecified atom stereocenters. The predicted molar refractivity (Wildman–Crippen MR) is 445 cm³/mol. The molecule has 0 N–H and O–H groups in total. The van der Waals surface area contributed by atoms with Crippen molar-refractivity contribution in [3.63, 3.8) is 0 Å². The van der Waals surface area contributed by atoms with Gasteiger partial charge in [-0.25, -0.2) is 0 Å². The second-order valence-electron chi connectivity index (χ2n) is 35.0. The molecule has 0 amide bonds. The minimum Gasteiger partial charge on any atom is -0.338 e. The van der Waals surface area contributed by atoms with Gasteiger partial charge in [0.05, 0.1) is 17.2 Å². The van der Waals surface area contributed by atoms with E-state index in [1.807, 2.05) is 0 Å². The summed E-state index contributed by atoms with van der Waals surface area (Å²) in [7, 11) is 0. The van der Waals surface area contributed by atoms with Gasteiger partial charge in [-0.2, -0.15) is 0 Å². The fourth-order valence-corrected chi connectivity index (χ4v) is 21.7. The van der Waals surface area contributed by atoms with Gasteiger partial charge in [-0.15, -0.1) is 0 Å². The Hall–Kier alpha value is -10.9. The van der Waals surface area contributed by atoms with Gasteiger partial charge in [-0.3, -0.25) is 0 Å². The highest BCUT2D eigenvalue weighted by Crippen LogP contribution is 2.60. The highest BCUT2D eigenvalue weighted by molar-refractivity contribution is 6.01. The van der Waals surface area contributed by atoms with Crippen molar-refractivity contribution in [2.24, 2.45) is 0 Å². The molecule has 518 valence electrons. The van der Waals surface area contributed by atoms with Crippen LogP contribution < -0.4 is 14.7 Å². The molecule has 0 saturated heterocycles. The van der Waals surface area contributed by atoms with Crippen LogP contribution in [0.1, 0.15) is 187 Å². The molecule has 11 aromatic carbocycles. The number of rotatable bonds is 9. The summed E-state index contributed by atoms with van der Waals surface area (Å²) >= 11 is 0. The van der Waals surface area contributed by atoms with E-state index < -0.39 is 5.41 Å². The molecule has 12 aromatic rings. The number of hydrogen-bond acceptors (Lipinski definition) is 3. The van der Waals surface area contributed by atoms with Crippen molar-refractivity contribution < 1.29 is 0 Å². The highest BCUT2D eigenvalue weighted by Gasteiger charge is 2.46. The normalized spacial score (nSPS) is 19.0. The van der Waals surface area contributed by atoms with Gasteiger partial charge in [-0.05, 0) is 263 Å². The zero-order chi connectivity index (χ0) is 72.0. The molecule has 21 rings (SSSR count). The first kappa shape index (κ1) is 63.5. The lowest BCUT2D eigenvalue weighted by atomic mass is 9.74. The molecule has 106 heavy (non-hydrogen) atoms. The van der Waals surface area contributed by atoms with E-state index in [1.165, 1.54) is 173 Å². The van der Waals surface area contributed by atoms with Crippen molar-refractivity contribution in [1.82, 2.24) is 4.57 Å². The number of anilines is 7. The second-order valence-corrected chi connectivity index (χ2v) is 35.0. The van der Waals surface area contributed by atoms with Gasteiger partial charge in [0.25, 0.3) is 0 Å². The second kappa shape index (κ2) is 21.9. The molecule has 1 aromatic heterocycles. The standard InChI is InChI=1S/C102H90N4/c1-97(2)82-33-21-16-28-70(82)75-45-38-63(54-87(75)97)103(61-26-14-13-15-27-61)69-53-81-80-52-62(104(64-39-46-76-71-29-17-22-34-83(71)98(3,4)88(76)55-64)65-40-47-77-72-30-18-23-35-84(72)99(5,6)89(77)56-65)43-50-94(80)106-95-51-44-68(59-92(95)102(11,12)93(60-69)96(81)106)105(66-41-48-78-73-31-19-24-36-85(73)100(7,8)90(78)57-66)67-42-49-79-74-32-20-25-37-86(74)101(9,10)91(79)58-67/h13-19,21-31,33-39,41-46,48-51,53-60,62H,20,32,40,47,52H2,1-12H3. The van der Waals surface area contributed by atoms with Crippen LogP contribution in [0.2, 0.25) is 0 Å². The number of allylic oxidation sites excluding steroid dienone is 8. The van der Waals surface area contributed by atoms with E-state index in [-0.39, 0.29) is 33.1 Å². The molecule has 1 aliphatic heterocycles. The van der Waals surface area contributed by atoms with E-state index in [1.54, 1.807) is 0 Å². The molecule has 0 spiro atoms. The molecular weight excluding hydrogens is 1280 g/mol. The summed E-state index contributed by atoms with van der Waals surface area (Å²) in [5, 5.41) is 1.31. The predicted octanol–water partition coefficient (Wildman–Crippen LogP) is 26.4. The van der Waals surface area contributed by atoms with Crippen LogP contribution in [-0.4, -0.2) is 10.6 Å². The number of fused-ring (bicyclic) bond motifs is 18. The summed E-state index contributed by atoms with van der Waals surface area (Å²) in [5.41, 5.74) is 44.0. The maximum Gasteiger partial charge on any atom is 0.0580 e. The van der Waals surface area contributed by atoms with Gasteiger partial charge >= 0.3 is 0 Å². The number of para-hydroxylation sites is 1. The summed E-state index contributed by atoms with van der Waals surface area (Å²) < 4.78 is 2.69. The van der Waals surface area contributed by atoms with Gasteiger partial charge in [0.15, 0.2) is 0 Å². The maximum atomic E-state index is 2.79. The Bertz CT molecular complexity index is 6070. The van der Waals surface area contributed by atoms with Crippen LogP contribution >= 0.6 is 0 Å². The Morgan fingerprint density at radius 2 is 0.755 bits per heavy atom. The third kappa shape index (κ3) is 8.59. The zero-order valence-electron chi connectivity index (χ0n) is 63.2. The molecule has 0 bridgehead atoms. The SMILES string of the molecule is CC1(C)C2=C(CCC=C2)c2ccc(N(c3ccc4c(c3)C(C)(C)c3ccccc3-4)c3ccc4c(c3)C(C)(C)c3cc(N(c5ccccc5)c5ccc6c(c5)C(C)(C)c5ccccc5-6)cc5c6c(n-4c35)C=CC(N(C3=CC4=C(CC3)c3ccccc3C4(C)C)c3ccc4c(c3)C(C)(C)c3ccccc3-4)C6)cc21. The Kier molecular flexibility index (Phi) is 13.1. The van der Waals surface area contributed by atoms with Gasteiger partial charge < -0.3 is 19.3 Å². The Morgan fingerprint density at radius 1 is 0.330 bits per heavy atom. The van der Waals surface area contributed by atoms with Crippen LogP contribution in [0.25, 0.3) is 67.2 Å². The third-order valence-corrected chi connectivity index (χ3v) is 27.3. The Labute approximate surface area is 625 Å². The average molecular weight is 1370 g/mol. The summed E-state index contributed by atoms with van der Waals surface area (Å²) in [5.74, 6) is 0. The summed E-state index contributed by atoms with van der Waals surface area (Å²) in [6, 6.07) is 89.9. The number of aromatic nitrogens is 1. The smallest absolute Gasteiger partial charge is 0.0580 e. The van der Waals surface area contributed by atoms with E-state index in [0.717, 1.165) is 54.9 Å². The summed E-state index contributed by atoms with van der Waals surface area (Å²) in [4.78, 5) is 7.95. The van der Waals surface area contributed by atoms with E-state index in [0.29, 0.717) is 0 Å². The fourth-order valence-electron chi connectivity index (χ4n) is 21.7. The van der Waals surface area contributed by atoms with E-state index in [9.17, 15) is 0 Å². The minimum atomic E-state index is -0.489. The Balaban J connectivity index is 0.781. The lowest BCUT2D eigenvalue weighted by Gasteiger charge is -2.39. The fraction of sp³-hybridized carbons (Fsp3) is 0.235. The molecule has 1 atom stereocenters. The molecule has 9 aliphatic rings. The van der Waals surface area contributed by atoms with Crippen LogP contribution in [0.5, 0.6) is 0 Å². The maximum absolute atomic E-state index is 2.79. The molecule has 0 saturated carbocycles. The number of nitrogens with zero attached hydrogens (tertiary/aromatic N) is 4. The first-order valence-electron chi connectivity index (χ1n) is 38.9. The molecule has 0 fully saturated rings. The lowest BCUT2D eigenvalue weighted by Crippen LogP contribution is -2.37. The summed E-state index contributed by atoms with van der Waals surface area (Å²) in [6.45, 7) is 29.3. The van der Waals surface area contributed by atoms with E-state index in [4.69, 9.17) is 0 Å². The molecule has 4 nitrogen and oxygen atoms in total. The van der Waals surface area contributed by atoms with Crippen LogP contribution in [0.15, 0.2) is 272 Å². The molecule has 0 radical (unpaired) electrons. The molecule has 4 heteroatoms. The first-order chi connectivity index (χ1) is 51.1.